The van der Waals surface area contributed by atoms with Crippen molar-refractivity contribution in [2.75, 3.05) is 11.9 Å². The molecule has 0 aromatic heterocycles. The van der Waals surface area contributed by atoms with Gasteiger partial charge in [-0.15, -0.1) is 0 Å². The summed E-state index contributed by atoms with van der Waals surface area (Å²) in [4.78, 5) is 11.6. The lowest BCUT2D eigenvalue weighted by Gasteiger charge is -2.06. The minimum absolute atomic E-state index is 0.127. The quantitative estimate of drug-likeness (QED) is 0.822. The molecule has 0 radical (unpaired) electrons. The van der Waals surface area contributed by atoms with E-state index in [0.717, 1.165) is 18.8 Å². The van der Waals surface area contributed by atoms with Crippen molar-refractivity contribution in [2.24, 2.45) is 5.92 Å². The Balaban J connectivity index is 1.74. The van der Waals surface area contributed by atoms with E-state index >= 15 is 0 Å². The summed E-state index contributed by atoms with van der Waals surface area (Å²) < 4.78 is 12.9. The third kappa shape index (κ3) is 3.53. The van der Waals surface area contributed by atoms with Crippen molar-refractivity contribution >= 4 is 11.6 Å². The predicted octanol–water partition coefficient (Wildman–Crippen LogP) is 2.15. The number of anilines is 1. The largest absolute Gasteiger partial charge is 0.325 e. The topological polar surface area (TPSA) is 41.1 Å². The normalized spacial score (nSPS) is 22.2. The molecule has 1 aliphatic rings. The van der Waals surface area contributed by atoms with Gasteiger partial charge in [0.05, 0.1) is 6.54 Å². The fourth-order valence-corrected chi connectivity index (χ4v) is 1.94. The minimum atomic E-state index is -0.344. The van der Waals surface area contributed by atoms with Crippen molar-refractivity contribution in [1.82, 2.24) is 5.32 Å². The standard InChI is InChI=1S/C13H17FN2O/c1-2-9-6-12(9)15-8-13(17)16-11-5-3-4-10(14)7-11/h3-5,7,9,12,15H,2,6,8H2,1H3,(H,16,17). The van der Waals surface area contributed by atoms with Gasteiger partial charge in [-0.05, 0) is 30.5 Å². The number of halogens is 1. The molecule has 1 amide bonds. The number of carbonyl (C=O) groups excluding carboxylic acids is 1. The fourth-order valence-electron chi connectivity index (χ4n) is 1.94. The van der Waals surface area contributed by atoms with E-state index in [1.807, 2.05) is 0 Å². The van der Waals surface area contributed by atoms with Crippen molar-refractivity contribution in [1.29, 1.82) is 0 Å². The second-order valence-corrected chi connectivity index (χ2v) is 4.45. The SMILES string of the molecule is CCC1CC1NCC(=O)Nc1cccc(F)c1. The van der Waals surface area contributed by atoms with Gasteiger partial charge in [0.25, 0.3) is 0 Å². The molecule has 2 unspecified atom stereocenters. The summed E-state index contributed by atoms with van der Waals surface area (Å²) in [7, 11) is 0. The highest BCUT2D eigenvalue weighted by Gasteiger charge is 2.34. The molecule has 0 saturated heterocycles. The molecule has 4 heteroatoms. The van der Waals surface area contributed by atoms with Crippen molar-refractivity contribution in [3.63, 3.8) is 0 Å². The van der Waals surface area contributed by atoms with Gasteiger partial charge in [-0.3, -0.25) is 4.79 Å². The van der Waals surface area contributed by atoms with Crippen LogP contribution in [0.25, 0.3) is 0 Å². The highest BCUT2D eigenvalue weighted by molar-refractivity contribution is 5.92. The highest BCUT2D eigenvalue weighted by atomic mass is 19.1. The zero-order chi connectivity index (χ0) is 12.3. The molecule has 0 bridgehead atoms. The smallest absolute Gasteiger partial charge is 0.238 e. The number of carbonyl (C=O) groups is 1. The zero-order valence-electron chi connectivity index (χ0n) is 9.87. The maximum absolute atomic E-state index is 12.9. The summed E-state index contributed by atoms with van der Waals surface area (Å²) in [6, 6.07) is 6.39. The Morgan fingerprint density at radius 1 is 1.53 bits per heavy atom. The number of benzene rings is 1. The van der Waals surface area contributed by atoms with Gasteiger partial charge < -0.3 is 10.6 Å². The van der Waals surface area contributed by atoms with Crippen LogP contribution < -0.4 is 10.6 Å². The second kappa shape index (κ2) is 5.27. The molecular weight excluding hydrogens is 219 g/mol. The van der Waals surface area contributed by atoms with Crippen LogP contribution in [-0.4, -0.2) is 18.5 Å². The van der Waals surface area contributed by atoms with Gasteiger partial charge in [0, 0.05) is 11.7 Å². The molecule has 2 atom stereocenters. The van der Waals surface area contributed by atoms with Crippen LogP contribution in [0.2, 0.25) is 0 Å². The lowest BCUT2D eigenvalue weighted by Crippen LogP contribution is -2.30. The predicted molar refractivity (Wildman–Crippen MR) is 65.2 cm³/mol. The number of nitrogens with one attached hydrogen (secondary N) is 2. The lowest BCUT2D eigenvalue weighted by atomic mass is 10.3. The van der Waals surface area contributed by atoms with Crippen LogP contribution in [0.1, 0.15) is 19.8 Å². The van der Waals surface area contributed by atoms with E-state index in [1.54, 1.807) is 12.1 Å². The highest BCUT2D eigenvalue weighted by Crippen LogP contribution is 2.32. The molecule has 2 rings (SSSR count). The van der Waals surface area contributed by atoms with E-state index in [9.17, 15) is 9.18 Å². The minimum Gasteiger partial charge on any atom is -0.325 e. The van der Waals surface area contributed by atoms with Gasteiger partial charge in [0.2, 0.25) is 5.91 Å². The summed E-state index contributed by atoms with van der Waals surface area (Å²) in [5.74, 6) is 0.248. The Hall–Kier alpha value is -1.42. The van der Waals surface area contributed by atoms with E-state index < -0.39 is 0 Å². The molecule has 1 fully saturated rings. The molecule has 0 spiro atoms. The summed E-state index contributed by atoms with van der Waals surface area (Å²) in [5, 5.41) is 5.84. The maximum Gasteiger partial charge on any atom is 0.238 e. The average Bonchev–Trinajstić information content (AvgIpc) is 3.05. The van der Waals surface area contributed by atoms with Crippen LogP contribution in [0.15, 0.2) is 24.3 Å². The molecule has 1 aromatic carbocycles. The average molecular weight is 236 g/mol. The summed E-state index contributed by atoms with van der Waals surface area (Å²) in [6.07, 6.45) is 2.31. The second-order valence-electron chi connectivity index (χ2n) is 4.45. The van der Waals surface area contributed by atoms with Crippen molar-refractivity contribution in [3.05, 3.63) is 30.1 Å². The molecule has 0 heterocycles. The maximum atomic E-state index is 12.9. The Morgan fingerprint density at radius 2 is 2.35 bits per heavy atom. The molecule has 1 saturated carbocycles. The van der Waals surface area contributed by atoms with E-state index in [1.165, 1.54) is 12.1 Å². The van der Waals surface area contributed by atoms with E-state index in [0.29, 0.717) is 11.7 Å². The Bertz CT molecular complexity index is 408. The molecule has 92 valence electrons. The Kier molecular flexibility index (Phi) is 3.74. The third-order valence-corrected chi connectivity index (χ3v) is 3.08. The molecule has 3 nitrogen and oxygen atoms in total. The summed E-state index contributed by atoms with van der Waals surface area (Å²) >= 11 is 0. The van der Waals surface area contributed by atoms with Crippen molar-refractivity contribution in [3.8, 4) is 0 Å². The number of rotatable bonds is 5. The van der Waals surface area contributed by atoms with Crippen LogP contribution in [0.3, 0.4) is 0 Å². The molecule has 1 aliphatic carbocycles. The van der Waals surface area contributed by atoms with E-state index in [4.69, 9.17) is 0 Å². The lowest BCUT2D eigenvalue weighted by molar-refractivity contribution is -0.115. The van der Waals surface area contributed by atoms with E-state index in [-0.39, 0.29) is 18.3 Å². The molecule has 2 N–H and O–H groups in total. The van der Waals surface area contributed by atoms with Crippen molar-refractivity contribution < 1.29 is 9.18 Å². The van der Waals surface area contributed by atoms with Crippen LogP contribution in [0.5, 0.6) is 0 Å². The van der Waals surface area contributed by atoms with Gasteiger partial charge in [0.15, 0.2) is 0 Å². The van der Waals surface area contributed by atoms with Crippen LogP contribution in [0.4, 0.5) is 10.1 Å². The van der Waals surface area contributed by atoms with Gasteiger partial charge in [-0.25, -0.2) is 4.39 Å². The third-order valence-electron chi connectivity index (χ3n) is 3.08. The monoisotopic (exact) mass is 236 g/mol. The van der Waals surface area contributed by atoms with Crippen LogP contribution >= 0.6 is 0 Å². The molecule has 17 heavy (non-hydrogen) atoms. The van der Waals surface area contributed by atoms with Gasteiger partial charge >= 0.3 is 0 Å². The van der Waals surface area contributed by atoms with Crippen molar-refractivity contribution in [2.45, 2.75) is 25.8 Å². The Morgan fingerprint density at radius 3 is 3.00 bits per heavy atom. The zero-order valence-corrected chi connectivity index (χ0v) is 9.87. The van der Waals surface area contributed by atoms with Gasteiger partial charge in [0.1, 0.15) is 5.82 Å². The first-order valence-electron chi connectivity index (χ1n) is 5.98. The first-order valence-corrected chi connectivity index (χ1v) is 5.98. The first-order chi connectivity index (χ1) is 8.19. The first kappa shape index (κ1) is 12.0. The summed E-state index contributed by atoms with van der Waals surface area (Å²) in [6.45, 7) is 2.44. The number of amides is 1. The number of hydrogen-bond acceptors (Lipinski definition) is 2. The van der Waals surface area contributed by atoms with Gasteiger partial charge in [-0.1, -0.05) is 19.4 Å². The molecule has 0 aliphatic heterocycles. The van der Waals surface area contributed by atoms with Gasteiger partial charge in [-0.2, -0.15) is 0 Å². The summed E-state index contributed by atoms with van der Waals surface area (Å²) in [5.41, 5.74) is 0.500. The molecule has 1 aromatic rings. The van der Waals surface area contributed by atoms with E-state index in [2.05, 4.69) is 17.6 Å². The number of hydrogen-bond donors (Lipinski definition) is 2. The van der Waals surface area contributed by atoms with Crippen LogP contribution in [-0.2, 0) is 4.79 Å². The fraction of sp³-hybridized carbons (Fsp3) is 0.462. The Labute approximate surface area is 100 Å². The molecular formula is C13H17FN2O. The van der Waals surface area contributed by atoms with Crippen LogP contribution in [0, 0.1) is 11.7 Å².